The smallest absolute Gasteiger partial charge is 0.303 e. The third-order valence-electron chi connectivity index (χ3n) is 3.06. The Hall–Kier alpha value is -0.570. The minimum absolute atomic E-state index is 0.309. The maximum absolute atomic E-state index is 10.3. The number of aliphatic carboxylic acids is 1. The van der Waals surface area contributed by atoms with Gasteiger partial charge in [-0.05, 0) is 39.3 Å². The third kappa shape index (κ3) is 7.37. The van der Waals surface area contributed by atoms with Crippen LogP contribution in [-0.2, 0) is 4.79 Å². The molecule has 0 rings (SSSR count). The molecule has 1 N–H and O–H groups in total. The molecular weight excluding hydrogens is 190 g/mol. The second kappa shape index (κ2) is 7.69. The van der Waals surface area contributed by atoms with E-state index in [0.29, 0.717) is 18.4 Å². The van der Waals surface area contributed by atoms with E-state index < -0.39 is 5.97 Å². The van der Waals surface area contributed by atoms with E-state index in [4.69, 9.17) is 5.11 Å². The van der Waals surface area contributed by atoms with Crippen molar-refractivity contribution in [2.24, 2.45) is 5.92 Å². The first-order valence-corrected chi connectivity index (χ1v) is 5.87. The zero-order valence-electron chi connectivity index (χ0n) is 10.5. The monoisotopic (exact) mass is 215 g/mol. The molecule has 0 aromatic carbocycles. The van der Waals surface area contributed by atoms with Gasteiger partial charge < -0.3 is 10.0 Å². The summed E-state index contributed by atoms with van der Waals surface area (Å²) in [6, 6.07) is 0.601. The highest BCUT2D eigenvalue weighted by Crippen LogP contribution is 2.09. The Kier molecular flexibility index (Phi) is 7.39. The summed E-state index contributed by atoms with van der Waals surface area (Å²) in [6.07, 6.45) is 3.23. The van der Waals surface area contributed by atoms with Crippen LogP contribution in [0.3, 0.4) is 0 Å². The predicted octanol–water partition coefficient (Wildman–Crippen LogP) is 2.61. The number of hydrogen-bond donors (Lipinski definition) is 1. The molecule has 0 fully saturated rings. The summed E-state index contributed by atoms with van der Waals surface area (Å²) in [5.74, 6) is -0.00655. The van der Waals surface area contributed by atoms with Gasteiger partial charge >= 0.3 is 5.97 Å². The largest absolute Gasteiger partial charge is 0.481 e. The van der Waals surface area contributed by atoms with E-state index in [2.05, 4.69) is 32.7 Å². The fourth-order valence-electron chi connectivity index (χ4n) is 1.53. The van der Waals surface area contributed by atoms with Crippen LogP contribution in [0.15, 0.2) is 0 Å². The van der Waals surface area contributed by atoms with Gasteiger partial charge in [-0.25, -0.2) is 0 Å². The van der Waals surface area contributed by atoms with Gasteiger partial charge in [-0.15, -0.1) is 0 Å². The number of unbranched alkanes of at least 4 members (excludes halogenated alkanes) is 2. The molecule has 0 amide bonds. The van der Waals surface area contributed by atoms with Crippen LogP contribution in [0.2, 0.25) is 0 Å². The van der Waals surface area contributed by atoms with Crippen LogP contribution in [0.4, 0.5) is 0 Å². The van der Waals surface area contributed by atoms with E-state index in [1.54, 1.807) is 0 Å². The second-order valence-corrected chi connectivity index (χ2v) is 4.67. The van der Waals surface area contributed by atoms with Crippen LogP contribution in [0, 0.1) is 5.92 Å². The Morgan fingerprint density at radius 1 is 1.20 bits per heavy atom. The number of rotatable bonds is 8. The fraction of sp³-hybridized carbons (Fsp3) is 0.917. The van der Waals surface area contributed by atoms with Crippen LogP contribution in [0.1, 0.15) is 46.5 Å². The molecule has 3 heteroatoms. The molecule has 3 nitrogen and oxygen atoms in total. The van der Waals surface area contributed by atoms with Crippen LogP contribution in [-0.4, -0.2) is 35.6 Å². The van der Waals surface area contributed by atoms with E-state index in [9.17, 15) is 4.79 Å². The molecule has 90 valence electrons. The van der Waals surface area contributed by atoms with Crippen LogP contribution in [0.25, 0.3) is 0 Å². The lowest BCUT2D eigenvalue weighted by atomic mass is 10.0. The van der Waals surface area contributed by atoms with Crippen molar-refractivity contribution in [3.63, 3.8) is 0 Å². The molecule has 0 spiro atoms. The van der Waals surface area contributed by atoms with E-state index in [0.717, 1.165) is 25.8 Å². The quantitative estimate of drug-likeness (QED) is 0.633. The first-order chi connectivity index (χ1) is 6.95. The first-order valence-electron chi connectivity index (χ1n) is 5.87. The summed E-state index contributed by atoms with van der Waals surface area (Å²) < 4.78 is 0. The summed E-state index contributed by atoms with van der Waals surface area (Å²) in [5, 5.41) is 8.47. The number of carbonyl (C=O) groups is 1. The highest BCUT2D eigenvalue weighted by atomic mass is 16.4. The maximum Gasteiger partial charge on any atom is 0.303 e. The van der Waals surface area contributed by atoms with Crippen molar-refractivity contribution < 1.29 is 9.90 Å². The standard InChI is InChI=1S/C12H25NO2/c1-10(2)11(3)13(4)9-7-5-6-8-12(14)15/h10-11H,5-9H2,1-4H3,(H,14,15). The van der Waals surface area contributed by atoms with Gasteiger partial charge in [-0.2, -0.15) is 0 Å². The minimum Gasteiger partial charge on any atom is -0.481 e. The lowest BCUT2D eigenvalue weighted by molar-refractivity contribution is -0.137. The summed E-state index contributed by atoms with van der Waals surface area (Å²) in [7, 11) is 2.14. The Bertz CT molecular complexity index is 180. The molecular formula is C12H25NO2. The van der Waals surface area contributed by atoms with Crippen molar-refractivity contribution in [1.29, 1.82) is 0 Å². The normalized spacial score (nSPS) is 13.5. The Morgan fingerprint density at radius 2 is 1.80 bits per heavy atom. The molecule has 0 aliphatic heterocycles. The van der Waals surface area contributed by atoms with Crippen LogP contribution in [0.5, 0.6) is 0 Å². The average Bonchev–Trinajstić information content (AvgIpc) is 2.15. The van der Waals surface area contributed by atoms with Crippen molar-refractivity contribution >= 4 is 5.97 Å². The number of carboxylic acid groups (broad SMARTS) is 1. The Labute approximate surface area is 93.5 Å². The lowest BCUT2D eigenvalue weighted by Gasteiger charge is -2.27. The zero-order chi connectivity index (χ0) is 11.8. The van der Waals surface area contributed by atoms with E-state index >= 15 is 0 Å². The molecule has 0 saturated heterocycles. The molecule has 15 heavy (non-hydrogen) atoms. The van der Waals surface area contributed by atoms with Gasteiger partial charge in [-0.1, -0.05) is 20.3 Å². The highest BCUT2D eigenvalue weighted by Gasteiger charge is 2.11. The van der Waals surface area contributed by atoms with Gasteiger partial charge in [0.05, 0.1) is 0 Å². The van der Waals surface area contributed by atoms with Crippen LogP contribution < -0.4 is 0 Å². The molecule has 0 aliphatic rings. The van der Waals surface area contributed by atoms with Gasteiger partial charge in [0.25, 0.3) is 0 Å². The zero-order valence-corrected chi connectivity index (χ0v) is 10.5. The van der Waals surface area contributed by atoms with E-state index in [1.165, 1.54) is 0 Å². The first kappa shape index (κ1) is 14.4. The Balaban J connectivity index is 3.46. The molecule has 0 bridgehead atoms. The Morgan fingerprint density at radius 3 is 2.27 bits per heavy atom. The molecule has 0 aromatic heterocycles. The summed E-state index contributed by atoms with van der Waals surface area (Å²) in [6.45, 7) is 7.76. The van der Waals surface area contributed by atoms with Crippen molar-refractivity contribution in [1.82, 2.24) is 4.90 Å². The van der Waals surface area contributed by atoms with E-state index in [1.807, 2.05) is 0 Å². The van der Waals surface area contributed by atoms with Gasteiger partial charge in [0.15, 0.2) is 0 Å². The molecule has 1 atom stereocenters. The lowest BCUT2D eigenvalue weighted by Crippen LogP contribution is -2.33. The summed E-state index contributed by atoms with van der Waals surface area (Å²) >= 11 is 0. The topological polar surface area (TPSA) is 40.5 Å². The van der Waals surface area contributed by atoms with Gasteiger partial charge in [0.2, 0.25) is 0 Å². The third-order valence-corrected chi connectivity index (χ3v) is 3.06. The molecule has 1 unspecified atom stereocenters. The number of nitrogens with zero attached hydrogens (tertiary/aromatic N) is 1. The van der Waals surface area contributed by atoms with Crippen molar-refractivity contribution in [3.05, 3.63) is 0 Å². The maximum atomic E-state index is 10.3. The molecule has 0 radical (unpaired) electrons. The molecule has 0 aliphatic carbocycles. The van der Waals surface area contributed by atoms with Crippen molar-refractivity contribution in [2.45, 2.75) is 52.5 Å². The van der Waals surface area contributed by atoms with Crippen molar-refractivity contribution in [2.75, 3.05) is 13.6 Å². The van der Waals surface area contributed by atoms with Crippen LogP contribution >= 0.6 is 0 Å². The summed E-state index contributed by atoms with van der Waals surface area (Å²) in [5.41, 5.74) is 0. The summed E-state index contributed by atoms with van der Waals surface area (Å²) in [4.78, 5) is 12.6. The highest BCUT2D eigenvalue weighted by molar-refractivity contribution is 5.66. The van der Waals surface area contributed by atoms with Gasteiger partial charge in [0.1, 0.15) is 0 Å². The predicted molar refractivity (Wildman–Crippen MR) is 63.0 cm³/mol. The fourth-order valence-corrected chi connectivity index (χ4v) is 1.53. The SMILES string of the molecule is CC(C)C(C)N(C)CCCCCC(=O)O. The molecule has 0 heterocycles. The van der Waals surface area contributed by atoms with Crippen molar-refractivity contribution in [3.8, 4) is 0 Å². The molecule has 0 saturated carbocycles. The van der Waals surface area contributed by atoms with E-state index in [-0.39, 0.29) is 0 Å². The van der Waals surface area contributed by atoms with Gasteiger partial charge in [0, 0.05) is 12.5 Å². The average molecular weight is 215 g/mol. The van der Waals surface area contributed by atoms with Gasteiger partial charge in [-0.3, -0.25) is 4.79 Å². The number of carboxylic acids is 1. The molecule has 0 aromatic rings. The minimum atomic E-state index is -0.682. The second-order valence-electron chi connectivity index (χ2n) is 4.67. The number of hydrogen-bond acceptors (Lipinski definition) is 2.